The van der Waals surface area contributed by atoms with Gasteiger partial charge >= 0.3 is 8.80 Å². The van der Waals surface area contributed by atoms with E-state index in [1.807, 2.05) is 6.08 Å². The minimum Gasteiger partial charge on any atom is -0.377 e. The number of benzene rings is 1. The molecule has 0 heterocycles. The highest BCUT2D eigenvalue weighted by molar-refractivity contribution is 6.60. The third-order valence-corrected chi connectivity index (χ3v) is 6.43. The van der Waals surface area contributed by atoms with E-state index < -0.39 is 8.80 Å². The second kappa shape index (κ2) is 9.08. The Bertz CT molecular complexity index is 377. The van der Waals surface area contributed by atoms with Crippen LogP contribution in [0.25, 0.3) is 6.08 Å². The van der Waals surface area contributed by atoms with Crippen molar-refractivity contribution in [1.29, 1.82) is 0 Å². The van der Waals surface area contributed by atoms with E-state index in [9.17, 15) is 0 Å². The van der Waals surface area contributed by atoms with Gasteiger partial charge in [-0.25, -0.2) is 0 Å². The van der Waals surface area contributed by atoms with E-state index in [4.69, 9.17) is 13.3 Å². The van der Waals surface area contributed by atoms with E-state index in [0.717, 1.165) is 25.3 Å². The Morgan fingerprint density at radius 3 is 2.05 bits per heavy atom. The molecule has 0 bridgehead atoms. The lowest BCUT2D eigenvalue weighted by atomic mass is 10.1. The van der Waals surface area contributed by atoms with Crippen LogP contribution in [0.1, 0.15) is 30.4 Å². The molecule has 1 aromatic rings. The summed E-state index contributed by atoms with van der Waals surface area (Å²) < 4.78 is 16.2. The summed E-state index contributed by atoms with van der Waals surface area (Å²) in [7, 11) is 2.63. The lowest BCUT2D eigenvalue weighted by Crippen LogP contribution is -2.42. The van der Waals surface area contributed by atoms with Gasteiger partial charge in [0.25, 0.3) is 0 Å². The average Bonchev–Trinajstić information content (AvgIpc) is 2.52. The zero-order valence-electron chi connectivity index (χ0n) is 12.9. The normalized spacial score (nSPS) is 11.6. The molecule has 1 aromatic carbocycles. The average molecular weight is 294 g/mol. The Hall–Kier alpha value is -0.943. The van der Waals surface area contributed by atoms with Crippen LogP contribution in [0.5, 0.6) is 0 Å². The van der Waals surface area contributed by atoms with Gasteiger partial charge in [0.1, 0.15) is 0 Å². The molecule has 0 amide bonds. The number of hydrogen-bond acceptors (Lipinski definition) is 3. The van der Waals surface area contributed by atoms with Gasteiger partial charge in [0.05, 0.1) is 0 Å². The van der Waals surface area contributed by atoms with Gasteiger partial charge in [-0.1, -0.05) is 43.3 Å². The van der Waals surface area contributed by atoms with Gasteiger partial charge in [-0.05, 0) is 30.4 Å². The summed E-state index contributed by atoms with van der Waals surface area (Å²) in [6.45, 7) is 3.76. The first-order valence-electron chi connectivity index (χ1n) is 7.06. The molecule has 0 saturated heterocycles. The maximum absolute atomic E-state index is 5.41. The number of hydrogen-bond donors (Lipinski definition) is 0. The Balaban J connectivity index is 2.25. The summed E-state index contributed by atoms with van der Waals surface area (Å²) >= 11 is 0. The fourth-order valence-electron chi connectivity index (χ4n) is 2.22. The fourth-order valence-corrected chi connectivity index (χ4v) is 4.02. The Morgan fingerprint density at radius 1 is 0.950 bits per heavy atom. The molecule has 0 atom stereocenters. The van der Waals surface area contributed by atoms with Crippen LogP contribution in [-0.2, 0) is 19.7 Å². The number of unbranched alkanes of at least 4 members (excludes halogenated alkanes) is 2. The fraction of sp³-hybridized carbons (Fsp3) is 0.500. The number of rotatable bonds is 10. The molecule has 0 aliphatic carbocycles. The Kier molecular flexibility index (Phi) is 7.77. The first-order valence-corrected chi connectivity index (χ1v) is 8.99. The first-order chi connectivity index (χ1) is 9.69. The second-order valence-corrected chi connectivity index (χ2v) is 7.89. The van der Waals surface area contributed by atoms with Crippen LogP contribution in [0.4, 0.5) is 0 Å². The van der Waals surface area contributed by atoms with Crippen LogP contribution in [0, 0.1) is 0 Å². The van der Waals surface area contributed by atoms with Crippen LogP contribution in [0.2, 0.25) is 6.04 Å². The van der Waals surface area contributed by atoms with Crippen LogP contribution in [0.3, 0.4) is 0 Å². The zero-order valence-corrected chi connectivity index (χ0v) is 13.9. The van der Waals surface area contributed by atoms with Crippen molar-refractivity contribution < 1.29 is 13.3 Å². The van der Waals surface area contributed by atoms with Crippen LogP contribution < -0.4 is 0 Å². The molecule has 112 valence electrons. The summed E-state index contributed by atoms with van der Waals surface area (Å²) in [5.74, 6) is 0. The van der Waals surface area contributed by atoms with Gasteiger partial charge in [0.2, 0.25) is 0 Å². The first kappa shape index (κ1) is 17.1. The minimum atomic E-state index is -2.37. The highest BCUT2D eigenvalue weighted by Crippen LogP contribution is 2.18. The molecular formula is C16H26O3Si. The van der Waals surface area contributed by atoms with E-state index in [2.05, 4.69) is 30.8 Å². The van der Waals surface area contributed by atoms with Gasteiger partial charge in [0, 0.05) is 27.4 Å². The third kappa shape index (κ3) is 5.21. The number of aryl methyl sites for hydroxylation is 1. The summed E-state index contributed by atoms with van der Waals surface area (Å²) in [6, 6.07) is 9.46. The highest BCUT2D eigenvalue weighted by Gasteiger charge is 2.36. The van der Waals surface area contributed by atoms with Crippen LogP contribution >= 0.6 is 0 Å². The molecule has 4 heteroatoms. The van der Waals surface area contributed by atoms with Gasteiger partial charge in [-0.2, -0.15) is 0 Å². The van der Waals surface area contributed by atoms with Crippen molar-refractivity contribution in [3.8, 4) is 0 Å². The van der Waals surface area contributed by atoms with E-state index in [0.29, 0.717) is 0 Å². The van der Waals surface area contributed by atoms with Gasteiger partial charge in [-0.15, -0.1) is 0 Å². The van der Waals surface area contributed by atoms with E-state index in [1.54, 1.807) is 21.3 Å². The van der Waals surface area contributed by atoms with Crippen molar-refractivity contribution in [1.82, 2.24) is 0 Å². The molecule has 3 nitrogen and oxygen atoms in total. The summed E-state index contributed by atoms with van der Waals surface area (Å²) in [6.07, 6.45) is 6.39. The summed E-state index contributed by atoms with van der Waals surface area (Å²) in [5, 5.41) is 0. The molecule has 20 heavy (non-hydrogen) atoms. The van der Waals surface area contributed by atoms with E-state index >= 15 is 0 Å². The highest BCUT2D eigenvalue weighted by atomic mass is 28.4. The van der Waals surface area contributed by atoms with Crippen molar-refractivity contribution in [2.24, 2.45) is 0 Å². The molecule has 0 saturated carbocycles. The molecular weight excluding hydrogens is 268 g/mol. The summed E-state index contributed by atoms with van der Waals surface area (Å²) in [4.78, 5) is 0. The van der Waals surface area contributed by atoms with Crippen molar-refractivity contribution in [2.45, 2.75) is 31.7 Å². The smallest absolute Gasteiger partial charge is 0.377 e. The van der Waals surface area contributed by atoms with Crippen LogP contribution in [-0.4, -0.2) is 30.1 Å². The lowest BCUT2D eigenvalue weighted by molar-refractivity contribution is 0.122. The molecule has 1 rings (SSSR count). The quantitative estimate of drug-likeness (QED) is 0.483. The Morgan fingerprint density at radius 2 is 1.55 bits per heavy atom. The molecule has 0 aliphatic rings. The zero-order chi connectivity index (χ0) is 14.8. The predicted molar refractivity (Wildman–Crippen MR) is 85.7 cm³/mol. The van der Waals surface area contributed by atoms with E-state index in [1.165, 1.54) is 17.5 Å². The minimum absolute atomic E-state index is 0.881. The molecule has 0 unspecified atom stereocenters. The summed E-state index contributed by atoms with van der Waals surface area (Å²) in [5.41, 5.74) is 2.55. The van der Waals surface area contributed by atoms with Gasteiger partial charge in [-0.3, -0.25) is 0 Å². The monoisotopic (exact) mass is 294 g/mol. The molecule has 0 N–H and O–H groups in total. The van der Waals surface area contributed by atoms with Crippen molar-refractivity contribution in [3.63, 3.8) is 0 Å². The third-order valence-electron chi connectivity index (χ3n) is 3.60. The second-order valence-electron chi connectivity index (χ2n) is 4.80. The molecule has 0 spiro atoms. The van der Waals surface area contributed by atoms with Crippen molar-refractivity contribution in [2.75, 3.05) is 21.3 Å². The Labute approximate surface area is 123 Å². The predicted octanol–water partition coefficient (Wildman–Crippen LogP) is 3.92. The largest absolute Gasteiger partial charge is 0.500 e. The van der Waals surface area contributed by atoms with Crippen molar-refractivity contribution in [3.05, 3.63) is 42.0 Å². The topological polar surface area (TPSA) is 27.7 Å². The maximum atomic E-state index is 5.41. The van der Waals surface area contributed by atoms with Gasteiger partial charge in [0.15, 0.2) is 0 Å². The maximum Gasteiger partial charge on any atom is 0.500 e. The van der Waals surface area contributed by atoms with Crippen LogP contribution in [0.15, 0.2) is 30.8 Å². The standard InChI is InChI=1S/C16H26O3Si/c1-5-15-10-12-16(13-11-15)9-7-6-8-14-20(17-2,18-3)19-4/h5,10-13H,1,6-9,14H2,2-4H3. The molecule has 0 radical (unpaired) electrons. The SMILES string of the molecule is C=Cc1ccc(CCCCC[Si](OC)(OC)OC)cc1. The van der Waals surface area contributed by atoms with Crippen molar-refractivity contribution >= 4 is 14.9 Å². The van der Waals surface area contributed by atoms with E-state index in [-0.39, 0.29) is 0 Å². The lowest BCUT2D eigenvalue weighted by Gasteiger charge is -2.24. The molecule has 0 aliphatic heterocycles. The molecule has 0 fully saturated rings. The van der Waals surface area contributed by atoms with Gasteiger partial charge < -0.3 is 13.3 Å². The molecule has 0 aromatic heterocycles.